The maximum absolute atomic E-state index is 4.50. The molecule has 22 heavy (non-hydrogen) atoms. The van der Waals surface area contributed by atoms with Crippen LogP contribution in [0.25, 0.3) is 0 Å². The third kappa shape index (κ3) is 4.13. The van der Waals surface area contributed by atoms with Crippen molar-refractivity contribution in [1.29, 1.82) is 0 Å². The van der Waals surface area contributed by atoms with E-state index in [1.807, 2.05) is 11.8 Å². The van der Waals surface area contributed by atoms with Crippen molar-refractivity contribution in [3.8, 4) is 0 Å². The molecule has 3 heterocycles. The Morgan fingerprint density at radius 2 is 2.00 bits per heavy atom. The topological polar surface area (TPSA) is 32.3 Å². The molecular weight excluding hydrogens is 292 g/mol. The molecule has 2 fully saturated rings. The Hall–Kier alpha value is -0.810. The van der Waals surface area contributed by atoms with Crippen LogP contribution in [0, 0.1) is 5.92 Å². The van der Waals surface area contributed by atoms with Crippen molar-refractivity contribution in [1.82, 2.24) is 15.1 Å². The molecule has 122 valence electrons. The molecule has 5 heteroatoms. The van der Waals surface area contributed by atoms with Crippen LogP contribution in [0.3, 0.4) is 0 Å². The molecule has 0 aliphatic carbocycles. The summed E-state index contributed by atoms with van der Waals surface area (Å²) in [6, 6.07) is 5.02. The van der Waals surface area contributed by atoms with Crippen molar-refractivity contribution in [2.75, 3.05) is 42.6 Å². The van der Waals surface area contributed by atoms with Crippen molar-refractivity contribution >= 4 is 17.6 Å². The monoisotopic (exact) mass is 320 g/mol. The fourth-order valence-electron chi connectivity index (χ4n) is 3.45. The van der Waals surface area contributed by atoms with Crippen LogP contribution < -0.4 is 4.90 Å². The summed E-state index contributed by atoms with van der Waals surface area (Å²) < 4.78 is 0. The van der Waals surface area contributed by atoms with E-state index in [4.69, 9.17) is 0 Å². The molecule has 0 unspecified atom stereocenters. The molecule has 0 saturated carbocycles. The van der Waals surface area contributed by atoms with E-state index in [0.29, 0.717) is 6.04 Å². The average molecular weight is 321 g/mol. The van der Waals surface area contributed by atoms with Gasteiger partial charge in [0.2, 0.25) is 0 Å². The number of aromatic nitrogens is 2. The molecule has 3 rings (SSSR count). The van der Waals surface area contributed by atoms with Gasteiger partial charge in [-0.05, 0) is 57.7 Å². The van der Waals surface area contributed by atoms with Gasteiger partial charge in [-0.25, -0.2) is 0 Å². The number of likely N-dealkylation sites (tertiary alicyclic amines) is 1. The Morgan fingerprint density at radius 1 is 1.18 bits per heavy atom. The van der Waals surface area contributed by atoms with Crippen LogP contribution in [-0.2, 0) is 6.42 Å². The molecule has 4 nitrogen and oxygen atoms in total. The molecule has 2 aliphatic rings. The van der Waals surface area contributed by atoms with Gasteiger partial charge in [0, 0.05) is 37.2 Å². The summed E-state index contributed by atoms with van der Waals surface area (Å²) in [6.07, 6.45) is 3.72. The van der Waals surface area contributed by atoms with Gasteiger partial charge >= 0.3 is 0 Å². The van der Waals surface area contributed by atoms with E-state index in [1.54, 1.807) is 0 Å². The van der Waals surface area contributed by atoms with Crippen LogP contribution in [0.5, 0.6) is 0 Å². The minimum Gasteiger partial charge on any atom is -0.353 e. The molecule has 1 aromatic rings. The molecule has 0 bridgehead atoms. The molecule has 0 aromatic carbocycles. The number of thioether (sulfide) groups is 1. The first-order chi connectivity index (χ1) is 10.7. The van der Waals surface area contributed by atoms with Crippen molar-refractivity contribution in [3.63, 3.8) is 0 Å². The van der Waals surface area contributed by atoms with Crippen molar-refractivity contribution in [2.24, 2.45) is 5.92 Å². The van der Waals surface area contributed by atoms with Gasteiger partial charge in [-0.15, -0.1) is 5.10 Å². The fourth-order valence-corrected chi connectivity index (χ4v) is 4.35. The van der Waals surface area contributed by atoms with Crippen LogP contribution in [-0.4, -0.2) is 58.8 Å². The second kappa shape index (κ2) is 7.64. The van der Waals surface area contributed by atoms with Gasteiger partial charge in [-0.1, -0.05) is 0 Å². The quantitative estimate of drug-likeness (QED) is 0.852. The minimum absolute atomic E-state index is 0.660. The Labute approximate surface area is 138 Å². The molecule has 1 aromatic heterocycles. The number of piperidine rings is 1. The first kappa shape index (κ1) is 16.1. The van der Waals surface area contributed by atoms with Crippen LogP contribution in [0.2, 0.25) is 0 Å². The summed E-state index contributed by atoms with van der Waals surface area (Å²) >= 11 is 2.03. The summed E-state index contributed by atoms with van der Waals surface area (Å²) in [7, 11) is 0. The lowest BCUT2D eigenvalue weighted by Crippen LogP contribution is -2.40. The third-order valence-electron chi connectivity index (χ3n) is 4.82. The minimum atomic E-state index is 0.660. The maximum Gasteiger partial charge on any atom is 0.151 e. The van der Waals surface area contributed by atoms with E-state index < -0.39 is 0 Å². The van der Waals surface area contributed by atoms with E-state index in [9.17, 15) is 0 Å². The van der Waals surface area contributed by atoms with E-state index in [-0.39, 0.29) is 0 Å². The van der Waals surface area contributed by atoms with Crippen molar-refractivity contribution in [3.05, 3.63) is 17.8 Å². The van der Waals surface area contributed by atoms with Crippen molar-refractivity contribution < 1.29 is 0 Å². The van der Waals surface area contributed by atoms with E-state index >= 15 is 0 Å². The highest BCUT2D eigenvalue weighted by molar-refractivity contribution is 7.99. The zero-order chi connectivity index (χ0) is 15.4. The zero-order valence-electron chi connectivity index (χ0n) is 13.9. The van der Waals surface area contributed by atoms with Crippen LogP contribution in [0.15, 0.2) is 12.1 Å². The number of rotatable bonds is 4. The van der Waals surface area contributed by atoms with Crippen LogP contribution in [0.1, 0.15) is 32.4 Å². The Kier molecular flexibility index (Phi) is 5.58. The van der Waals surface area contributed by atoms with Gasteiger partial charge in [-0.3, -0.25) is 0 Å². The Morgan fingerprint density at radius 3 is 2.68 bits per heavy atom. The summed E-state index contributed by atoms with van der Waals surface area (Å²) in [4.78, 5) is 4.95. The molecule has 0 radical (unpaired) electrons. The molecule has 0 N–H and O–H groups in total. The average Bonchev–Trinajstić information content (AvgIpc) is 2.56. The van der Waals surface area contributed by atoms with E-state index in [0.717, 1.165) is 36.9 Å². The number of nitrogens with zero attached hydrogens (tertiary/aromatic N) is 4. The third-order valence-corrected chi connectivity index (χ3v) is 5.76. The highest BCUT2D eigenvalue weighted by Gasteiger charge is 2.22. The van der Waals surface area contributed by atoms with Gasteiger partial charge in [0.15, 0.2) is 5.82 Å². The molecule has 0 spiro atoms. The Bertz CT molecular complexity index is 456. The number of anilines is 1. The smallest absolute Gasteiger partial charge is 0.151 e. The second-order valence-corrected chi connectivity index (χ2v) is 8.01. The van der Waals surface area contributed by atoms with Gasteiger partial charge in [0.05, 0.1) is 5.69 Å². The second-order valence-electron chi connectivity index (χ2n) is 6.78. The molecular formula is C17H28N4S. The molecule has 0 amide bonds. The predicted octanol–water partition coefficient (Wildman–Crippen LogP) is 2.69. The van der Waals surface area contributed by atoms with Gasteiger partial charge in [0.25, 0.3) is 0 Å². The highest BCUT2D eigenvalue weighted by Crippen LogP contribution is 2.22. The maximum atomic E-state index is 4.50. The van der Waals surface area contributed by atoms with Crippen LogP contribution in [0.4, 0.5) is 5.82 Å². The Balaban J connectivity index is 1.56. The van der Waals surface area contributed by atoms with E-state index in [1.165, 1.54) is 37.4 Å². The highest BCUT2D eigenvalue weighted by atomic mass is 32.2. The first-order valence-electron chi connectivity index (χ1n) is 8.61. The predicted molar refractivity (Wildman–Crippen MR) is 94.7 cm³/mol. The lowest BCUT2D eigenvalue weighted by Gasteiger charge is -2.35. The number of hydrogen-bond donors (Lipinski definition) is 0. The fraction of sp³-hybridized carbons (Fsp3) is 0.765. The SMILES string of the molecule is CC(C)N1CCC[C@H](Cc2ccc(N3CCSCC3)nn2)C1. The summed E-state index contributed by atoms with van der Waals surface area (Å²) in [6.45, 7) is 9.27. The standard InChI is InChI=1S/C17H28N4S/c1-14(2)21-7-3-4-15(13-21)12-16-5-6-17(19-18-16)20-8-10-22-11-9-20/h5-6,14-15H,3-4,7-13H2,1-2H3/t15-/m1/s1. The first-order valence-corrected chi connectivity index (χ1v) is 9.77. The molecule has 2 saturated heterocycles. The van der Waals surface area contributed by atoms with Gasteiger partial charge < -0.3 is 9.80 Å². The number of hydrogen-bond acceptors (Lipinski definition) is 5. The van der Waals surface area contributed by atoms with Gasteiger partial charge in [0.1, 0.15) is 0 Å². The largest absolute Gasteiger partial charge is 0.353 e. The van der Waals surface area contributed by atoms with Crippen molar-refractivity contribution in [2.45, 2.75) is 39.2 Å². The molecule has 1 atom stereocenters. The summed E-state index contributed by atoms with van der Waals surface area (Å²) in [5.41, 5.74) is 1.16. The lowest BCUT2D eigenvalue weighted by atomic mass is 9.92. The van der Waals surface area contributed by atoms with Crippen LogP contribution >= 0.6 is 11.8 Å². The zero-order valence-corrected chi connectivity index (χ0v) is 14.7. The van der Waals surface area contributed by atoms with Gasteiger partial charge in [-0.2, -0.15) is 16.9 Å². The molecule has 2 aliphatic heterocycles. The lowest BCUT2D eigenvalue weighted by molar-refractivity contribution is 0.139. The summed E-state index contributed by atoms with van der Waals surface area (Å²) in [5, 5.41) is 8.98. The van der Waals surface area contributed by atoms with E-state index in [2.05, 4.69) is 46.0 Å². The normalized spacial score (nSPS) is 24.0. The summed E-state index contributed by atoms with van der Waals surface area (Å²) in [5.74, 6) is 4.20.